The molecule has 0 unspecified atom stereocenters. The van der Waals surface area contributed by atoms with Crippen LogP contribution >= 0.6 is 0 Å². The molecule has 3 aromatic heterocycles. The van der Waals surface area contributed by atoms with E-state index in [-0.39, 0.29) is 0 Å². The van der Waals surface area contributed by atoms with Crippen LogP contribution in [0.3, 0.4) is 0 Å². The molecule has 11 aromatic rings. The van der Waals surface area contributed by atoms with Crippen LogP contribution in [-0.4, -0.2) is 19.5 Å². The average molecular weight is 717 g/mol. The second-order valence-corrected chi connectivity index (χ2v) is 14.0. The highest BCUT2D eigenvalue weighted by Crippen LogP contribution is 2.39. The van der Waals surface area contributed by atoms with Crippen molar-refractivity contribution in [1.82, 2.24) is 19.5 Å². The first kappa shape index (κ1) is 31.9. The second kappa shape index (κ2) is 13.0. The maximum atomic E-state index is 6.62. The zero-order valence-electron chi connectivity index (χ0n) is 30.2. The van der Waals surface area contributed by atoms with Crippen molar-refractivity contribution in [1.29, 1.82) is 0 Å². The Labute approximate surface area is 322 Å². The molecule has 0 N–H and O–H groups in total. The van der Waals surface area contributed by atoms with Crippen molar-refractivity contribution in [2.45, 2.75) is 0 Å². The van der Waals surface area contributed by atoms with E-state index in [1.165, 1.54) is 21.8 Å². The molecule has 0 saturated carbocycles. The normalized spacial score (nSPS) is 11.6. The number of furan rings is 1. The topological polar surface area (TPSA) is 56.7 Å². The number of hydrogen-bond donors (Lipinski definition) is 0. The number of rotatable bonds is 6. The van der Waals surface area contributed by atoms with Crippen molar-refractivity contribution in [2.75, 3.05) is 0 Å². The van der Waals surface area contributed by atoms with E-state index >= 15 is 0 Å². The number of para-hydroxylation sites is 3. The summed E-state index contributed by atoms with van der Waals surface area (Å²) in [6.45, 7) is 0. The maximum Gasteiger partial charge on any atom is 0.164 e. The third kappa shape index (κ3) is 5.37. The lowest BCUT2D eigenvalue weighted by Crippen LogP contribution is -2.00. The van der Waals surface area contributed by atoms with Crippen molar-refractivity contribution < 1.29 is 4.42 Å². The number of hydrogen-bond acceptors (Lipinski definition) is 4. The third-order valence-electron chi connectivity index (χ3n) is 10.7. The van der Waals surface area contributed by atoms with Gasteiger partial charge in [0.1, 0.15) is 11.2 Å². The van der Waals surface area contributed by atoms with Crippen LogP contribution in [0.2, 0.25) is 0 Å². The molecule has 0 bridgehead atoms. The zero-order valence-corrected chi connectivity index (χ0v) is 30.2. The summed E-state index contributed by atoms with van der Waals surface area (Å²) >= 11 is 0. The van der Waals surface area contributed by atoms with Gasteiger partial charge in [-0.2, -0.15) is 0 Å². The molecule has 262 valence electrons. The zero-order chi connectivity index (χ0) is 37.0. The lowest BCUT2D eigenvalue weighted by molar-refractivity contribution is 0.669. The first-order valence-electron chi connectivity index (χ1n) is 18.8. The molecule has 11 rings (SSSR count). The summed E-state index contributed by atoms with van der Waals surface area (Å²) in [5.74, 6) is 1.92. The number of benzene rings is 8. The number of aromatic nitrogens is 4. The van der Waals surface area contributed by atoms with Gasteiger partial charge in [0.2, 0.25) is 0 Å². The van der Waals surface area contributed by atoms with Crippen LogP contribution in [0.1, 0.15) is 0 Å². The molecule has 3 heterocycles. The Hall–Kier alpha value is -7.63. The van der Waals surface area contributed by atoms with Gasteiger partial charge in [-0.05, 0) is 59.2 Å². The van der Waals surface area contributed by atoms with Crippen molar-refractivity contribution in [3.05, 3.63) is 194 Å². The minimum Gasteiger partial charge on any atom is -0.456 e. The van der Waals surface area contributed by atoms with Gasteiger partial charge < -0.3 is 8.98 Å². The van der Waals surface area contributed by atoms with Gasteiger partial charge in [-0.3, -0.25) is 0 Å². The Balaban J connectivity index is 0.950. The van der Waals surface area contributed by atoms with Crippen LogP contribution in [0.5, 0.6) is 0 Å². The van der Waals surface area contributed by atoms with Crippen molar-refractivity contribution in [2.24, 2.45) is 0 Å². The van der Waals surface area contributed by atoms with Crippen LogP contribution in [0, 0.1) is 0 Å². The van der Waals surface area contributed by atoms with Crippen LogP contribution < -0.4 is 0 Å². The van der Waals surface area contributed by atoms with Gasteiger partial charge in [0.15, 0.2) is 17.5 Å². The van der Waals surface area contributed by atoms with Crippen LogP contribution in [-0.2, 0) is 0 Å². The maximum absolute atomic E-state index is 6.62. The van der Waals surface area contributed by atoms with Crippen molar-refractivity contribution >= 4 is 43.7 Å². The van der Waals surface area contributed by atoms with Gasteiger partial charge in [-0.1, -0.05) is 152 Å². The average Bonchev–Trinajstić information content (AvgIpc) is 3.82. The molecule has 0 saturated heterocycles. The quantitative estimate of drug-likeness (QED) is 0.172. The molecule has 0 radical (unpaired) electrons. The molecular formula is C51H32N4O. The van der Waals surface area contributed by atoms with Gasteiger partial charge in [-0.15, -0.1) is 0 Å². The molecule has 8 aromatic carbocycles. The van der Waals surface area contributed by atoms with Gasteiger partial charge in [0.25, 0.3) is 0 Å². The lowest BCUT2D eigenvalue weighted by Gasteiger charge is -2.14. The van der Waals surface area contributed by atoms with E-state index in [0.29, 0.717) is 17.5 Å². The second-order valence-electron chi connectivity index (χ2n) is 14.0. The minimum atomic E-state index is 0.632. The summed E-state index contributed by atoms with van der Waals surface area (Å²) < 4.78 is 9.00. The van der Waals surface area contributed by atoms with Gasteiger partial charge in [0, 0.05) is 43.8 Å². The van der Waals surface area contributed by atoms with E-state index < -0.39 is 0 Å². The van der Waals surface area contributed by atoms with E-state index in [1.54, 1.807) is 0 Å². The van der Waals surface area contributed by atoms with Crippen molar-refractivity contribution in [3.63, 3.8) is 0 Å². The fraction of sp³-hybridized carbons (Fsp3) is 0. The summed E-state index contributed by atoms with van der Waals surface area (Å²) in [5, 5.41) is 4.68. The third-order valence-corrected chi connectivity index (χ3v) is 10.7. The van der Waals surface area contributed by atoms with E-state index in [2.05, 4.69) is 138 Å². The van der Waals surface area contributed by atoms with E-state index in [1.807, 2.05) is 60.7 Å². The standard InChI is InChI=1S/C51H32N4O/c1-3-13-34(14-4-1)49-52-50(35-15-5-2-6-16-35)54-51(53-49)36-25-23-33(24-26-36)37-27-29-42-43-30-28-38(32-48(43)56-47(42)31-37)39-17-7-10-20-44(39)55-45-21-11-8-18-40(45)41-19-9-12-22-46(41)55/h1-32H. The highest BCUT2D eigenvalue weighted by Gasteiger charge is 2.17. The Morgan fingerprint density at radius 3 is 1.34 bits per heavy atom. The molecule has 5 nitrogen and oxygen atoms in total. The minimum absolute atomic E-state index is 0.632. The van der Waals surface area contributed by atoms with Gasteiger partial charge in [0.05, 0.1) is 16.7 Å². The number of fused-ring (bicyclic) bond motifs is 6. The summed E-state index contributed by atoms with van der Waals surface area (Å²) in [4.78, 5) is 14.6. The Morgan fingerprint density at radius 2 is 0.750 bits per heavy atom. The molecule has 0 fully saturated rings. The Kier molecular flexibility index (Phi) is 7.42. The molecule has 0 spiro atoms. The first-order valence-corrected chi connectivity index (χ1v) is 18.8. The van der Waals surface area contributed by atoms with Gasteiger partial charge in [-0.25, -0.2) is 15.0 Å². The summed E-state index contributed by atoms with van der Waals surface area (Å²) in [6.07, 6.45) is 0. The number of nitrogens with zero attached hydrogens (tertiary/aromatic N) is 4. The Bertz CT molecular complexity index is 3130. The highest BCUT2D eigenvalue weighted by molar-refractivity contribution is 6.10. The molecule has 0 amide bonds. The monoisotopic (exact) mass is 716 g/mol. The summed E-state index contributed by atoms with van der Waals surface area (Å²) in [5.41, 5.74) is 12.4. The van der Waals surface area contributed by atoms with Crippen LogP contribution in [0.25, 0.3) is 106 Å². The van der Waals surface area contributed by atoms with Gasteiger partial charge >= 0.3 is 0 Å². The largest absolute Gasteiger partial charge is 0.456 e. The fourth-order valence-corrected chi connectivity index (χ4v) is 7.97. The lowest BCUT2D eigenvalue weighted by atomic mass is 10.00. The fourth-order valence-electron chi connectivity index (χ4n) is 7.97. The Morgan fingerprint density at radius 1 is 0.321 bits per heavy atom. The smallest absolute Gasteiger partial charge is 0.164 e. The van der Waals surface area contributed by atoms with Crippen LogP contribution in [0.4, 0.5) is 0 Å². The van der Waals surface area contributed by atoms with Crippen LogP contribution in [0.15, 0.2) is 199 Å². The summed E-state index contributed by atoms with van der Waals surface area (Å²) in [6, 6.07) is 67.5. The van der Waals surface area contributed by atoms with Crippen molar-refractivity contribution in [3.8, 4) is 62.1 Å². The molecule has 0 aliphatic carbocycles. The molecular weight excluding hydrogens is 685 g/mol. The molecule has 5 heteroatoms. The molecule has 0 aliphatic rings. The van der Waals surface area contributed by atoms with E-state index in [4.69, 9.17) is 19.4 Å². The highest BCUT2D eigenvalue weighted by atomic mass is 16.3. The SMILES string of the molecule is c1ccc(-c2nc(-c3ccccc3)nc(-c3ccc(-c4ccc5c(c4)oc4cc(-c6ccccc6-n6c7ccccc7c7ccccc76)ccc45)cc3)n2)cc1. The molecule has 56 heavy (non-hydrogen) atoms. The molecule has 0 aliphatic heterocycles. The predicted octanol–water partition coefficient (Wildman–Crippen LogP) is 13.2. The summed E-state index contributed by atoms with van der Waals surface area (Å²) in [7, 11) is 0. The van der Waals surface area contributed by atoms with E-state index in [9.17, 15) is 0 Å². The first-order chi connectivity index (χ1) is 27.7. The predicted molar refractivity (Wildman–Crippen MR) is 229 cm³/mol. The molecule has 0 atom stereocenters. The van der Waals surface area contributed by atoms with E-state index in [0.717, 1.165) is 66.6 Å².